The highest BCUT2D eigenvalue weighted by molar-refractivity contribution is 4.83. The first-order chi connectivity index (χ1) is 7.66. The number of hydrogen-bond acceptors (Lipinski definition) is 1. The van der Waals surface area contributed by atoms with Gasteiger partial charge in [0.15, 0.2) is 0 Å². The van der Waals surface area contributed by atoms with E-state index in [0.717, 1.165) is 29.7 Å². The van der Waals surface area contributed by atoms with Crippen molar-refractivity contribution in [3.05, 3.63) is 0 Å². The standard InChI is InChI=1S/C15H29N/c1-11-7-8-15(13(3)9-11)16-10-14-6-4-5-12(14)2/h11-16H,4-10H2,1-3H3. The number of rotatable bonds is 3. The van der Waals surface area contributed by atoms with Crippen molar-refractivity contribution in [2.45, 2.75) is 65.3 Å². The van der Waals surface area contributed by atoms with E-state index in [-0.39, 0.29) is 0 Å². The summed E-state index contributed by atoms with van der Waals surface area (Å²) in [5, 5.41) is 3.86. The number of nitrogens with one attached hydrogen (secondary N) is 1. The maximum absolute atomic E-state index is 3.86. The van der Waals surface area contributed by atoms with Gasteiger partial charge in [-0.1, -0.05) is 33.6 Å². The van der Waals surface area contributed by atoms with Crippen LogP contribution in [0.4, 0.5) is 0 Å². The van der Waals surface area contributed by atoms with Crippen molar-refractivity contribution >= 4 is 0 Å². The Morgan fingerprint density at radius 1 is 0.938 bits per heavy atom. The molecule has 2 rings (SSSR count). The molecule has 1 N–H and O–H groups in total. The van der Waals surface area contributed by atoms with Crippen molar-refractivity contribution < 1.29 is 0 Å². The van der Waals surface area contributed by atoms with E-state index in [1.807, 2.05) is 0 Å². The molecule has 0 heterocycles. The lowest BCUT2D eigenvalue weighted by Gasteiger charge is -2.34. The third-order valence-corrected chi connectivity index (χ3v) is 5.11. The Balaban J connectivity index is 1.73. The van der Waals surface area contributed by atoms with Crippen LogP contribution in [0.15, 0.2) is 0 Å². The molecular formula is C15H29N. The molecule has 2 fully saturated rings. The summed E-state index contributed by atoms with van der Waals surface area (Å²) in [5.41, 5.74) is 0. The average molecular weight is 223 g/mol. The predicted octanol–water partition coefficient (Wildman–Crippen LogP) is 3.84. The van der Waals surface area contributed by atoms with E-state index >= 15 is 0 Å². The molecule has 16 heavy (non-hydrogen) atoms. The van der Waals surface area contributed by atoms with E-state index < -0.39 is 0 Å². The summed E-state index contributed by atoms with van der Waals surface area (Å²) in [6.07, 6.45) is 8.66. The molecule has 0 spiro atoms. The van der Waals surface area contributed by atoms with Crippen LogP contribution in [-0.4, -0.2) is 12.6 Å². The SMILES string of the molecule is CC1CCC(NCC2CCCC2C)C(C)C1. The molecule has 5 unspecified atom stereocenters. The molecule has 0 saturated heterocycles. The lowest BCUT2D eigenvalue weighted by Crippen LogP contribution is -2.41. The Morgan fingerprint density at radius 2 is 1.75 bits per heavy atom. The molecule has 1 heteroatoms. The van der Waals surface area contributed by atoms with Gasteiger partial charge in [-0.3, -0.25) is 0 Å². The molecule has 0 aromatic heterocycles. The fraction of sp³-hybridized carbons (Fsp3) is 1.00. The zero-order valence-electron chi connectivity index (χ0n) is 11.3. The molecule has 2 aliphatic carbocycles. The highest BCUT2D eigenvalue weighted by Crippen LogP contribution is 2.32. The van der Waals surface area contributed by atoms with Gasteiger partial charge in [0.2, 0.25) is 0 Å². The molecule has 0 amide bonds. The first-order valence-corrected chi connectivity index (χ1v) is 7.40. The first kappa shape index (κ1) is 12.4. The van der Waals surface area contributed by atoms with Crippen molar-refractivity contribution in [2.24, 2.45) is 23.7 Å². The van der Waals surface area contributed by atoms with Gasteiger partial charge in [-0.05, 0) is 55.9 Å². The molecule has 1 nitrogen and oxygen atoms in total. The first-order valence-electron chi connectivity index (χ1n) is 7.40. The Bertz CT molecular complexity index is 213. The van der Waals surface area contributed by atoms with Gasteiger partial charge < -0.3 is 5.32 Å². The van der Waals surface area contributed by atoms with E-state index in [0.29, 0.717) is 0 Å². The quantitative estimate of drug-likeness (QED) is 0.766. The minimum Gasteiger partial charge on any atom is -0.313 e. The van der Waals surface area contributed by atoms with Crippen LogP contribution in [0.2, 0.25) is 0 Å². The van der Waals surface area contributed by atoms with Crippen LogP contribution in [0.5, 0.6) is 0 Å². The third kappa shape index (κ3) is 3.00. The minimum atomic E-state index is 0.809. The van der Waals surface area contributed by atoms with Gasteiger partial charge >= 0.3 is 0 Å². The molecular weight excluding hydrogens is 194 g/mol. The van der Waals surface area contributed by atoms with Gasteiger partial charge in [0.05, 0.1) is 0 Å². The number of hydrogen-bond donors (Lipinski definition) is 1. The molecule has 2 saturated carbocycles. The molecule has 2 aliphatic rings. The van der Waals surface area contributed by atoms with Crippen LogP contribution < -0.4 is 5.32 Å². The zero-order chi connectivity index (χ0) is 11.5. The molecule has 0 aliphatic heterocycles. The van der Waals surface area contributed by atoms with Crippen LogP contribution in [-0.2, 0) is 0 Å². The summed E-state index contributed by atoms with van der Waals surface area (Å²) in [7, 11) is 0. The second-order valence-electron chi connectivity index (χ2n) is 6.58. The van der Waals surface area contributed by atoms with Gasteiger partial charge in [-0.25, -0.2) is 0 Å². The molecule has 94 valence electrons. The van der Waals surface area contributed by atoms with E-state index in [1.54, 1.807) is 0 Å². The van der Waals surface area contributed by atoms with Crippen molar-refractivity contribution in [1.29, 1.82) is 0 Å². The normalized spacial score (nSPS) is 44.8. The van der Waals surface area contributed by atoms with E-state index in [1.165, 1.54) is 45.1 Å². The second kappa shape index (κ2) is 5.53. The van der Waals surface area contributed by atoms with E-state index in [4.69, 9.17) is 0 Å². The Kier molecular flexibility index (Phi) is 4.29. The maximum atomic E-state index is 3.86. The molecule has 5 atom stereocenters. The summed E-state index contributed by atoms with van der Waals surface area (Å²) in [6, 6.07) is 0.809. The topological polar surface area (TPSA) is 12.0 Å². The molecule has 0 aromatic carbocycles. The Hall–Kier alpha value is -0.0400. The van der Waals surface area contributed by atoms with E-state index in [2.05, 4.69) is 26.1 Å². The van der Waals surface area contributed by atoms with E-state index in [9.17, 15) is 0 Å². The van der Waals surface area contributed by atoms with Crippen LogP contribution in [0.25, 0.3) is 0 Å². The van der Waals surface area contributed by atoms with Crippen LogP contribution in [0, 0.1) is 23.7 Å². The van der Waals surface area contributed by atoms with Crippen molar-refractivity contribution in [3.63, 3.8) is 0 Å². The Morgan fingerprint density at radius 3 is 2.38 bits per heavy atom. The maximum Gasteiger partial charge on any atom is 0.00930 e. The average Bonchev–Trinajstić information content (AvgIpc) is 2.63. The van der Waals surface area contributed by atoms with Crippen molar-refractivity contribution in [3.8, 4) is 0 Å². The lowest BCUT2D eigenvalue weighted by molar-refractivity contribution is 0.216. The summed E-state index contributed by atoms with van der Waals surface area (Å²) in [6.45, 7) is 8.56. The van der Waals surface area contributed by atoms with Gasteiger partial charge in [0.1, 0.15) is 0 Å². The van der Waals surface area contributed by atoms with Crippen molar-refractivity contribution in [2.75, 3.05) is 6.54 Å². The minimum absolute atomic E-state index is 0.809. The highest BCUT2D eigenvalue weighted by atomic mass is 14.9. The molecule has 0 radical (unpaired) electrons. The van der Waals surface area contributed by atoms with Crippen LogP contribution in [0.3, 0.4) is 0 Å². The fourth-order valence-electron chi connectivity index (χ4n) is 3.80. The summed E-state index contributed by atoms with van der Waals surface area (Å²) < 4.78 is 0. The van der Waals surface area contributed by atoms with Crippen molar-refractivity contribution in [1.82, 2.24) is 5.32 Å². The summed E-state index contributed by atoms with van der Waals surface area (Å²) in [5.74, 6) is 3.77. The van der Waals surface area contributed by atoms with Crippen LogP contribution >= 0.6 is 0 Å². The molecule has 0 bridgehead atoms. The fourth-order valence-corrected chi connectivity index (χ4v) is 3.80. The largest absolute Gasteiger partial charge is 0.313 e. The summed E-state index contributed by atoms with van der Waals surface area (Å²) in [4.78, 5) is 0. The Labute approximate surface area is 101 Å². The highest BCUT2D eigenvalue weighted by Gasteiger charge is 2.28. The third-order valence-electron chi connectivity index (χ3n) is 5.11. The molecule has 0 aromatic rings. The van der Waals surface area contributed by atoms with Gasteiger partial charge in [-0.2, -0.15) is 0 Å². The van der Waals surface area contributed by atoms with Gasteiger partial charge in [0, 0.05) is 6.04 Å². The summed E-state index contributed by atoms with van der Waals surface area (Å²) >= 11 is 0. The smallest absolute Gasteiger partial charge is 0.00930 e. The zero-order valence-corrected chi connectivity index (χ0v) is 11.3. The predicted molar refractivity (Wildman–Crippen MR) is 70.5 cm³/mol. The van der Waals surface area contributed by atoms with Gasteiger partial charge in [-0.15, -0.1) is 0 Å². The second-order valence-corrected chi connectivity index (χ2v) is 6.58. The lowest BCUT2D eigenvalue weighted by atomic mass is 9.79. The van der Waals surface area contributed by atoms with Crippen LogP contribution in [0.1, 0.15) is 59.3 Å². The monoisotopic (exact) mass is 223 g/mol. The van der Waals surface area contributed by atoms with Gasteiger partial charge in [0.25, 0.3) is 0 Å².